The van der Waals surface area contributed by atoms with Gasteiger partial charge in [-0.05, 0) is 19.0 Å². The lowest BCUT2D eigenvalue weighted by atomic mass is 10.0. The number of nitrogens with two attached hydrogens (primary N) is 1. The van der Waals surface area contributed by atoms with Crippen LogP contribution in [0.15, 0.2) is 12.1 Å². The average molecular weight is 295 g/mol. The van der Waals surface area contributed by atoms with Crippen LogP contribution in [0, 0.1) is 10.1 Å². The average Bonchev–Trinajstić information content (AvgIpc) is 2.31. The van der Waals surface area contributed by atoms with Crippen LogP contribution >= 0.6 is 23.2 Å². The number of aliphatic hydroxyl groups excluding tert-OH is 2. The van der Waals surface area contributed by atoms with Crippen molar-refractivity contribution in [3.63, 3.8) is 0 Å². The maximum Gasteiger partial charge on any atom is 0.276 e. The molecule has 100 valence electrons. The smallest absolute Gasteiger partial charge is 0.276 e. The van der Waals surface area contributed by atoms with E-state index in [4.69, 9.17) is 28.9 Å². The van der Waals surface area contributed by atoms with Gasteiger partial charge in [-0.2, -0.15) is 0 Å². The van der Waals surface area contributed by atoms with Gasteiger partial charge in [0.05, 0.1) is 26.6 Å². The fourth-order valence-corrected chi connectivity index (χ4v) is 1.81. The summed E-state index contributed by atoms with van der Waals surface area (Å²) in [5, 5.41) is 30.4. The molecular formula is C10H12Cl2N2O4. The Morgan fingerprint density at radius 2 is 1.89 bits per heavy atom. The van der Waals surface area contributed by atoms with Gasteiger partial charge in [0.15, 0.2) is 0 Å². The summed E-state index contributed by atoms with van der Waals surface area (Å²) < 4.78 is 0. The molecule has 2 atom stereocenters. The molecule has 18 heavy (non-hydrogen) atoms. The molecule has 4 N–H and O–H groups in total. The van der Waals surface area contributed by atoms with Crippen molar-refractivity contribution in [2.45, 2.75) is 18.6 Å². The molecule has 1 rings (SSSR count). The second-order valence-electron chi connectivity index (χ2n) is 3.67. The van der Waals surface area contributed by atoms with E-state index >= 15 is 0 Å². The minimum atomic E-state index is -1.44. The summed E-state index contributed by atoms with van der Waals surface area (Å²) in [6.07, 6.45) is -2.53. The molecule has 0 aliphatic heterocycles. The third-order valence-corrected chi connectivity index (χ3v) is 3.13. The molecule has 1 aromatic rings. The summed E-state index contributed by atoms with van der Waals surface area (Å²) >= 11 is 11.4. The first-order valence-electron chi connectivity index (χ1n) is 5.08. The lowest BCUT2D eigenvalue weighted by Gasteiger charge is -2.17. The molecule has 0 radical (unpaired) electrons. The van der Waals surface area contributed by atoms with Crippen molar-refractivity contribution < 1.29 is 15.1 Å². The van der Waals surface area contributed by atoms with Gasteiger partial charge in [0.25, 0.3) is 5.69 Å². The van der Waals surface area contributed by atoms with Gasteiger partial charge in [0.1, 0.15) is 6.10 Å². The summed E-state index contributed by atoms with van der Waals surface area (Å²) in [6.45, 7) is 0.146. The topological polar surface area (TPSA) is 110 Å². The van der Waals surface area contributed by atoms with E-state index in [2.05, 4.69) is 0 Å². The molecule has 0 amide bonds. The van der Waals surface area contributed by atoms with Crippen molar-refractivity contribution in [3.05, 3.63) is 37.9 Å². The van der Waals surface area contributed by atoms with Gasteiger partial charge in [-0.3, -0.25) is 10.1 Å². The van der Waals surface area contributed by atoms with E-state index in [-0.39, 0.29) is 28.6 Å². The van der Waals surface area contributed by atoms with E-state index < -0.39 is 22.8 Å². The second kappa shape index (κ2) is 6.31. The van der Waals surface area contributed by atoms with Gasteiger partial charge in [0, 0.05) is 6.07 Å². The van der Waals surface area contributed by atoms with E-state index in [1.165, 1.54) is 6.07 Å². The zero-order chi connectivity index (χ0) is 13.9. The minimum absolute atomic E-state index is 0.00707. The Bertz CT molecular complexity index is 456. The Labute approximate surface area is 113 Å². The number of benzene rings is 1. The van der Waals surface area contributed by atoms with Crippen LogP contribution in [-0.4, -0.2) is 27.8 Å². The van der Waals surface area contributed by atoms with Gasteiger partial charge in [0.2, 0.25) is 0 Å². The van der Waals surface area contributed by atoms with Crippen LogP contribution in [-0.2, 0) is 0 Å². The van der Waals surface area contributed by atoms with E-state index in [1.54, 1.807) is 0 Å². The van der Waals surface area contributed by atoms with Crippen LogP contribution in [0.3, 0.4) is 0 Å². The van der Waals surface area contributed by atoms with Crippen molar-refractivity contribution in [1.29, 1.82) is 0 Å². The van der Waals surface area contributed by atoms with Gasteiger partial charge < -0.3 is 15.9 Å². The molecule has 0 aliphatic rings. The number of aliphatic hydroxyl groups is 2. The Morgan fingerprint density at radius 3 is 2.39 bits per heavy atom. The highest BCUT2D eigenvalue weighted by molar-refractivity contribution is 6.42. The number of nitro groups is 1. The molecule has 2 unspecified atom stereocenters. The molecule has 0 aliphatic carbocycles. The number of nitro benzene ring substituents is 1. The van der Waals surface area contributed by atoms with Crippen LogP contribution in [0.4, 0.5) is 5.69 Å². The Morgan fingerprint density at radius 1 is 1.33 bits per heavy atom. The van der Waals surface area contributed by atoms with Crippen molar-refractivity contribution in [2.24, 2.45) is 5.73 Å². The van der Waals surface area contributed by atoms with Crippen LogP contribution < -0.4 is 5.73 Å². The monoisotopic (exact) mass is 294 g/mol. The third-order valence-electron chi connectivity index (χ3n) is 2.41. The molecule has 8 heteroatoms. The molecule has 0 saturated carbocycles. The van der Waals surface area contributed by atoms with Crippen molar-refractivity contribution >= 4 is 28.9 Å². The maximum absolute atomic E-state index is 10.9. The molecule has 6 nitrogen and oxygen atoms in total. The number of hydrogen-bond acceptors (Lipinski definition) is 5. The second-order valence-corrected chi connectivity index (χ2v) is 4.49. The zero-order valence-electron chi connectivity index (χ0n) is 9.22. The molecule has 0 saturated heterocycles. The normalized spacial score (nSPS) is 14.3. The summed E-state index contributed by atoms with van der Waals surface area (Å²) in [4.78, 5) is 10.2. The Balaban J connectivity index is 3.21. The minimum Gasteiger partial charge on any atom is -0.390 e. The first-order chi connectivity index (χ1) is 8.38. The molecule has 0 heterocycles. The zero-order valence-corrected chi connectivity index (χ0v) is 10.7. The van der Waals surface area contributed by atoms with Gasteiger partial charge in [-0.1, -0.05) is 23.2 Å². The number of rotatable bonds is 5. The summed E-state index contributed by atoms with van der Waals surface area (Å²) in [6, 6.07) is 2.21. The van der Waals surface area contributed by atoms with Crippen LogP contribution in [0.2, 0.25) is 10.0 Å². The molecule has 0 aromatic heterocycles. The van der Waals surface area contributed by atoms with Gasteiger partial charge in [-0.25, -0.2) is 0 Å². The number of nitrogens with zero attached hydrogens (tertiary/aromatic N) is 1. The van der Waals surface area contributed by atoms with Crippen LogP contribution in [0.1, 0.15) is 18.1 Å². The molecular weight excluding hydrogens is 283 g/mol. The van der Waals surface area contributed by atoms with E-state index in [9.17, 15) is 20.3 Å². The third kappa shape index (κ3) is 3.30. The largest absolute Gasteiger partial charge is 0.390 e. The molecule has 0 fully saturated rings. The van der Waals surface area contributed by atoms with E-state index in [0.29, 0.717) is 0 Å². The fourth-order valence-electron chi connectivity index (χ4n) is 1.48. The highest BCUT2D eigenvalue weighted by Crippen LogP contribution is 2.35. The standard InChI is InChI=1S/C10H12Cl2N2O4/c11-6-3-5(10(16)9(15)1-2-13)8(14(17)18)4-7(6)12/h3-4,9-10,15-16H,1-2,13H2. The fraction of sp³-hybridized carbons (Fsp3) is 0.400. The first-order valence-corrected chi connectivity index (χ1v) is 5.83. The molecule has 0 bridgehead atoms. The highest BCUT2D eigenvalue weighted by atomic mass is 35.5. The predicted octanol–water partition coefficient (Wildman–Crippen LogP) is 1.64. The lowest BCUT2D eigenvalue weighted by molar-refractivity contribution is -0.386. The summed E-state index contributed by atoms with van der Waals surface area (Å²) in [5.41, 5.74) is 4.76. The van der Waals surface area contributed by atoms with E-state index in [0.717, 1.165) is 6.07 Å². The van der Waals surface area contributed by atoms with Crippen LogP contribution in [0.5, 0.6) is 0 Å². The quantitative estimate of drug-likeness (QED) is 0.565. The predicted molar refractivity (Wildman–Crippen MR) is 67.8 cm³/mol. The first kappa shape index (κ1) is 15.1. The Kier molecular flexibility index (Phi) is 5.30. The Hall–Kier alpha value is -0.920. The lowest BCUT2D eigenvalue weighted by Crippen LogP contribution is -2.22. The summed E-state index contributed by atoms with van der Waals surface area (Å²) in [5.74, 6) is 0. The van der Waals surface area contributed by atoms with Crippen molar-refractivity contribution in [2.75, 3.05) is 6.54 Å². The van der Waals surface area contributed by atoms with Crippen molar-refractivity contribution in [3.8, 4) is 0 Å². The van der Waals surface area contributed by atoms with Crippen molar-refractivity contribution in [1.82, 2.24) is 0 Å². The SMILES string of the molecule is NCCC(O)C(O)c1cc(Cl)c(Cl)cc1[N+](=O)[O-]. The molecule has 0 spiro atoms. The maximum atomic E-state index is 10.9. The van der Waals surface area contributed by atoms with Gasteiger partial charge in [-0.15, -0.1) is 0 Å². The number of halogens is 2. The number of hydrogen-bond donors (Lipinski definition) is 3. The highest BCUT2D eigenvalue weighted by Gasteiger charge is 2.27. The summed E-state index contributed by atoms with van der Waals surface area (Å²) in [7, 11) is 0. The van der Waals surface area contributed by atoms with E-state index in [1.807, 2.05) is 0 Å². The molecule has 1 aromatic carbocycles. The van der Waals surface area contributed by atoms with Gasteiger partial charge >= 0.3 is 0 Å². The van der Waals surface area contributed by atoms with Crippen LogP contribution in [0.25, 0.3) is 0 Å².